The summed E-state index contributed by atoms with van der Waals surface area (Å²) in [4.78, 5) is 3.66. The lowest BCUT2D eigenvalue weighted by atomic mass is 9.84. The molecule has 30 heavy (non-hydrogen) atoms. The summed E-state index contributed by atoms with van der Waals surface area (Å²) in [5, 5.41) is 10.4. The number of ether oxygens (including phenoxy) is 1. The van der Waals surface area contributed by atoms with E-state index in [1.807, 2.05) is 24.3 Å². The highest BCUT2D eigenvalue weighted by Gasteiger charge is 2.23. The van der Waals surface area contributed by atoms with E-state index in [4.69, 9.17) is 4.74 Å². The standard InChI is InChI=1S/C25H33FN2O2/c26-22-8-10-23(11-9-22)28-16-14-27(15-17-28)18-24(29)19-30-25-12-6-21(7-13-25)20-4-2-1-3-5-20/h6-13,20,24,29H,1-5,14-19H2/p+1/t24-/m1/s1. The van der Waals surface area contributed by atoms with E-state index in [0.29, 0.717) is 19.1 Å². The molecule has 1 aliphatic carbocycles. The lowest BCUT2D eigenvalue weighted by Crippen LogP contribution is -3.16. The lowest BCUT2D eigenvalue weighted by Gasteiger charge is -2.34. The molecule has 0 bridgehead atoms. The minimum atomic E-state index is -0.476. The van der Waals surface area contributed by atoms with Crippen molar-refractivity contribution in [1.82, 2.24) is 0 Å². The Kier molecular flexibility index (Phi) is 7.24. The van der Waals surface area contributed by atoms with Crippen molar-refractivity contribution >= 4 is 5.69 Å². The zero-order valence-electron chi connectivity index (χ0n) is 17.7. The van der Waals surface area contributed by atoms with Gasteiger partial charge in [0, 0.05) is 5.69 Å². The molecule has 1 heterocycles. The Morgan fingerprint density at radius 2 is 1.63 bits per heavy atom. The number of nitrogens with zero attached hydrogens (tertiary/aromatic N) is 1. The maximum Gasteiger partial charge on any atom is 0.137 e. The second-order valence-electron chi connectivity index (χ2n) is 8.79. The number of hydrogen-bond donors (Lipinski definition) is 2. The summed E-state index contributed by atoms with van der Waals surface area (Å²) in [7, 11) is 0. The van der Waals surface area contributed by atoms with Crippen LogP contribution in [0.25, 0.3) is 0 Å². The number of nitrogens with one attached hydrogen (secondary N) is 1. The summed E-state index contributed by atoms with van der Waals surface area (Å²) < 4.78 is 18.9. The first-order valence-corrected chi connectivity index (χ1v) is 11.4. The van der Waals surface area contributed by atoms with E-state index in [1.165, 1.54) is 54.7 Å². The topological polar surface area (TPSA) is 37.1 Å². The Bertz CT molecular complexity index is 767. The normalized spacial score (nSPS) is 19.6. The van der Waals surface area contributed by atoms with Crippen LogP contribution in [0.15, 0.2) is 48.5 Å². The predicted molar refractivity (Wildman–Crippen MR) is 118 cm³/mol. The minimum absolute atomic E-state index is 0.199. The third-order valence-corrected chi connectivity index (χ3v) is 6.59. The highest BCUT2D eigenvalue weighted by atomic mass is 19.1. The molecule has 0 amide bonds. The van der Waals surface area contributed by atoms with Crippen molar-refractivity contribution < 1.29 is 19.1 Å². The number of aliphatic hydroxyl groups excluding tert-OH is 1. The summed E-state index contributed by atoms with van der Waals surface area (Å²) in [5.41, 5.74) is 2.49. The fraction of sp³-hybridized carbons (Fsp3) is 0.520. The second kappa shape index (κ2) is 10.3. The molecule has 162 valence electrons. The van der Waals surface area contributed by atoms with Crippen molar-refractivity contribution in [2.75, 3.05) is 44.2 Å². The molecule has 0 aromatic heterocycles. The molecule has 2 fully saturated rings. The molecule has 1 aliphatic heterocycles. The number of anilines is 1. The molecule has 5 heteroatoms. The maximum atomic E-state index is 13.1. The van der Waals surface area contributed by atoms with Crippen LogP contribution < -0.4 is 14.5 Å². The van der Waals surface area contributed by atoms with E-state index in [2.05, 4.69) is 17.0 Å². The van der Waals surface area contributed by atoms with Crippen LogP contribution in [0.2, 0.25) is 0 Å². The molecule has 1 atom stereocenters. The van der Waals surface area contributed by atoms with Crippen LogP contribution >= 0.6 is 0 Å². The monoisotopic (exact) mass is 413 g/mol. The van der Waals surface area contributed by atoms with Crippen LogP contribution in [0, 0.1) is 5.82 Å². The Balaban J connectivity index is 1.18. The fourth-order valence-corrected chi connectivity index (χ4v) is 4.79. The van der Waals surface area contributed by atoms with Crippen molar-refractivity contribution in [3.63, 3.8) is 0 Å². The fourth-order valence-electron chi connectivity index (χ4n) is 4.79. The Morgan fingerprint density at radius 3 is 2.30 bits per heavy atom. The van der Waals surface area contributed by atoms with Gasteiger partial charge in [-0.25, -0.2) is 4.39 Å². The molecule has 0 unspecified atom stereocenters. The summed E-state index contributed by atoms with van der Waals surface area (Å²) >= 11 is 0. The molecule has 2 N–H and O–H groups in total. The smallest absolute Gasteiger partial charge is 0.137 e. The quantitative estimate of drug-likeness (QED) is 0.733. The first kappa shape index (κ1) is 21.1. The molecule has 2 aliphatic rings. The van der Waals surface area contributed by atoms with E-state index < -0.39 is 6.10 Å². The third kappa shape index (κ3) is 5.73. The van der Waals surface area contributed by atoms with E-state index in [-0.39, 0.29) is 5.82 Å². The van der Waals surface area contributed by atoms with Gasteiger partial charge in [0.25, 0.3) is 0 Å². The Hall–Kier alpha value is -2.11. The number of rotatable bonds is 7. The molecule has 4 rings (SSSR count). The molecule has 2 aromatic rings. The maximum absolute atomic E-state index is 13.1. The highest BCUT2D eigenvalue weighted by Crippen LogP contribution is 2.33. The van der Waals surface area contributed by atoms with Crippen LogP contribution in [0.5, 0.6) is 5.75 Å². The van der Waals surface area contributed by atoms with Gasteiger partial charge in [-0.05, 0) is 60.7 Å². The summed E-state index contributed by atoms with van der Waals surface area (Å²) in [6.07, 6.45) is 6.19. The molecule has 0 radical (unpaired) electrons. The molecule has 4 nitrogen and oxygen atoms in total. The third-order valence-electron chi connectivity index (χ3n) is 6.59. The Labute approximate surface area is 179 Å². The van der Waals surface area contributed by atoms with Gasteiger partial charge >= 0.3 is 0 Å². The predicted octanol–water partition coefficient (Wildman–Crippen LogP) is 3.02. The van der Waals surface area contributed by atoms with Gasteiger partial charge in [0.2, 0.25) is 0 Å². The van der Waals surface area contributed by atoms with E-state index in [9.17, 15) is 9.50 Å². The van der Waals surface area contributed by atoms with Gasteiger partial charge in [-0.2, -0.15) is 0 Å². The van der Waals surface area contributed by atoms with Crippen LogP contribution in [0.3, 0.4) is 0 Å². The zero-order valence-corrected chi connectivity index (χ0v) is 17.7. The zero-order chi connectivity index (χ0) is 20.8. The minimum Gasteiger partial charge on any atom is -0.491 e. The van der Waals surface area contributed by atoms with Gasteiger partial charge in [-0.1, -0.05) is 31.4 Å². The Morgan fingerprint density at radius 1 is 0.967 bits per heavy atom. The number of halogens is 1. The molecule has 1 saturated carbocycles. The van der Waals surface area contributed by atoms with Crippen molar-refractivity contribution in [3.05, 3.63) is 59.9 Å². The van der Waals surface area contributed by atoms with Gasteiger partial charge in [0.15, 0.2) is 0 Å². The highest BCUT2D eigenvalue weighted by molar-refractivity contribution is 5.46. The van der Waals surface area contributed by atoms with Crippen LogP contribution in [0.1, 0.15) is 43.6 Å². The molecule has 1 saturated heterocycles. The first-order chi connectivity index (χ1) is 14.7. The van der Waals surface area contributed by atoms with E-state index in [1.54, 1.807) is 0 Å². The van der Waals surface area contributed by atoms with Crippen molar-refractivity contribution in [2.24, 2.45) is 0 Å². The van der Waals surface area contributed by atoms with E-state index in [0.717, 1.165) is 37.6 Å². The van der Waals surface area contributed by atoms with Crippen LogP contribution in [-0.2, 0) is 0 Å². The molecule has 0 spiro atoms. The average molecular weight is 414 g/mol. The molecular formula is C25H34FN2O2+. The van der Waals surface area contributed by atoms with E-state index >= 15 is 0 Å². The largest absolute Gasteiger partial charge is 0.491 e. The van der Waals surface area contributed by atoms with Crippen molar-refractivity contribution in [3.8, 4) is 5.75 Å². The molecule has 2 aromatic carbocycles. The summed E-state index contributed by atoms with van der Waals surface area (Å²) in [6, 6.07) is 15.2. The van der Waals surface area contributed by atoms with Gasteiger partial charge in [-0.3, -0.25) is 0 Å². The SMILES string of the molecule is O[C@@H](COc1ccc(C2CCCCC2)cc1)C[NH+]1CCN(c2ccc(F)cc2)CC1. The average Bonchev–Trinajstić information content (AvgIpc) is 2.80. The van der Waals surface area contributed by atoms with Crippen molar-refractivity contribution in [1.29, 1.82) is 0 Å². The summed E-state index contributed by atoms with van der Waals surface area (Å²) in [5.74, 6) is 1.34. The number of benzene rings is 2. The summed E-state index contributed by atoms with van der Waals surface area (Å²) in [6.45, 7) is 4.77. The van der Waals surface area contributed by atoms with Crippen LogP contribution in [-0.4, -0.2) is 50.5 Å². The van der Waals surface area contributed by atoms with Crippen LogP contribution in [0.4, 0.5) is 10.1 Å². The number of quaternary nitrogens is 1. The number of hydrogen-bond acceptors (Lipinski definition) is 3. The lowest BCUT2D eigenvalue weighted by molar-refractivity contribution is -0.903. The number of aliphatic hydroxyl groups is 1. The number of piperazine rings is 1. The van der Waals surface area contributed by atoms with Gasteiger partial charge in [-0.15, -0.1) is 0 Å². The van der Waals surface area contributed by atoms with Gasteiger partial charge < -0.3 is 19.6 Å². The second-order valence-corrected chi connectivity index (χ2v) is 8.79. The van der Waals surface area contributed by atoms with Crippen molar-refractivity contribution in [2.45, 2.75) is 44.1 Å². The van der Waals surface area contributed by atoms with Gasteiger partial charge in [0.1, 0.15) is 30.8 Å². The van der Waals surface area contributed by atoms with Gasteiger partial charge in [0.05, 0.1) is 26.2 Å². The molecular weight excluding hydrogens is 379 g/mol. The first-order valence-electron chi connectivity index (χ1n) is 11.4.